The van der Waals surface area contributed by atoms with Gasteiger partial charge in [0.1, 0.15) is 5.69 Å². The normalized spacial score (nSPS) is 14.5. The molecule has 1 saturated heterocycles. The third-order valence-electron chi connectivity index (χ3n) is 6.19. The van der Waals surface area contributed by atoms with Gasteiger partial charge in [0.15, 0.2) is 0 Å². The van der Waals surface area contributed by atoms with Crippen molar-refractivity contribution >= 4 is 22.6 Å². The van der Waals surface area contributed by atoms with E-state index in [2.05, 4.69) is 39.2 Å². The molecule has 1 aliphatic rings. The molecule has 2 aromatic heterocycles. The van der Waals surface area contributed by atoms with Crippen molar-refractivity contribution in [1.29, 1.82) is 0 Å². The monoisotopic (exact) mass is 443 g/mol. The lowest BCUT2D eigenvalue weighted by molar-refractivity contribution is 0.0600. The minimum Gasteiger partial charge on any atom is -0.465 e. The Labute approximate surface area is 191 Å². The molecule has 8 nitrogen and oxygen atoms in total. The summed E-state index contributed by atoms with van der Waals surface area (Å²) in [6.07, 6.45) is 1.70. The number of methoxy groups -OCH3 is 1. The standard InChI is InChI=1S/C25H25N5O3/c1-28-13-15-29(16-14-28)19-7-3-17(4-8-19)23-22-21(26-27-23)11-12-30(24(22)31)20-9-5-18(6-10-20)25(32)33-2/h3-12H,13-16H2,1-2H3,(H,26,27). The molecule has 0 aliphatic carbocycles. The smallest absolute Gasteiger partial charge is 0.337 e. The highest BCUT2D eigenvalue weighted by Gasteiger charge is 2.17. The molecule has 0 saturated carbocycles. The number of pyridine rings is 1. The number of aromatic amines is 1. The average Bonchev–Trinajstić information content (AvgIpc) is 3.30. The van der Waals surface area contributed by atoms with Gasteiger partial charge in [-0.1, -0.05) is 12.1 Å². The first-order valence-corrected chi connectivity index (χ1v) is 10.9. The molecule has 5 rings (SSSR count). The number of H-pyrrole nitrogens is 1. The zero-order valence-electron chi connectivity index (χ0n) is 18.6. The molecule has 1 aliphatic heterocycles. The number of likely N-dealkylation sites (N-methyl/N-ethyl adjacent to an activating group) is 1. The Morgan fingerprint density at radius 1 is 0.939 bits per heavy atom. The van der Waals surface area contributed by atoms with E-state index in [1.54, 1.807) is 35.0 Å². The highest BCUT2D eigenvalue weighted by Crippen LogP contribution is 2.27. The molecule has 0 amide bonds. The maximum atomic E-state index is 13.4. The predicted octanol–water partition coefficient (Wildman–Crippen LogP) is 2.92. The Hall–Kier alpha value is -3.91. The maximum absolute atomic E-state index is 13.4. The van der Waals surface area contributed by atoms with E-state index >= 15 is 0 Å². The lowest BCUT2D eigenvalue weighted by Crippen LogP contribution is -2.44. The van der Waals surface area contributed by atoms with Crippen LogP contribution < -0.4 is 10.5 Å². The molecule has 2 aromatic carbocycles. The molecule has 0 unspecified atom stereocenters. The molecule has 0 spiro atoms. The van der Waals surface area contributed by atoms with Crippen molar-refractivity contribution in [3.8, 4) is 16.9 Å². The van der Waals surface area contributed by atoms with E-state index in [9.17, 15) is 9.59 Å². The number of fused-ring (bicyclic) bond motifs is 1. The Kier molecular flexibility index (Phi) is 5.43. The number of hydrogen-bond donors (Lipinski definition) is 1. The number of nitrogens with zero attached hydrogens (tertiary/aromatic N) is 4. The number of benzene rings is 2. The van der Waals surface area contributed by atoms with Crippen molar-refractivity contribution in [2.75, 3.05) is 45.2 Å². The second-order valence-electron chi connectivity index (χ2n) is 8.23. The van der Waals surface area contributed by atoms with Crippen molar-refractivity contribution in [3.63, 3.8) is 0 Å². The van der Waals surface area contributed by atoms with Gasteiger partial charge in [-0.05, 0) is 49.5 Å². The molecule has 1 fully saturated rings. The number of anilines is 1. The van der Waals surface area contributed by atoms with Crippen molar-refractivity contribution in [1.82, 2.24) is 19.7 Å². The minimum atomic E-state index is -0.415. The van der Waals surface area contributed by atoms with Gasteiger partial charge in [-0.15, -0.1) is 0 Å². The Morgan fingerprint density at radius 2 is 1.61 bits per heavy atom. The van der Waals surface area contributed by atoms with Gasteiger partial charge in [-0.2, -0.15) is 5.10 Å². The maximum Gasteiger partial charge on any atom is 0.337 e. The lowest BCUT2D eigenvalue weighted by atomic mass is 10.1. The number of nitrogens with one attached hydrogen (secondary N) is 1. The van der Waals surface area contributed by atoms with Crippen LogP contribution in [-0.2, 0) is 4.74 Å². The molecular weight excluding hydrogens is 418 g/mol. The molecule has 0 bridgehead atoms. The number of rotatable bonds is 4. The van der Waals surface area contributed by atoms with Crippen LogP contribution in [0.2, 0.25) is 0 Å². The predicted molar refractivity (Wildman–Crippen MR) is 128 cm³/mol. The van der Waals surface area contributed by atoms with E-state index < -0.39 is 5.97 Å². The number of aromatic nitrogens is 3. The number of carbonyl (C=O) groups excluding carboxylic acids is 1. The largest absolute Gasteiger partial charge is 0.465 e. The van der Waals surface area contributed by atoms with Gasteiger partial charge in [0.05, 0.1) is 23.6 Å². The van der Waals surface area contributed by atoms with Crippen LogP contribution in [0.4, 0.5) is 5.69 Å². The van der Waals surface area contributed by atoms with E-state index in [0.717, 1.165) is 31.7 Å². The summed E-state index contributed by atoms with van der Waals surface area (Å²) in [7, 11) is 3.48. The summed E-state index contributed by atoms with van der Waals surface area (Å²) in [5, 5.41) is 7.95. The first-order chi connectivity index (χ1) is 16.0. The van der Waals surface area contributed by atoms with Crippen LogP contribution in [0.25, 0.3) is 27.8 Å². The van der Waals surface area contributed by atoms with Gasteiger partial charge < -0.3 is 14.5 Å². The summed E-state index contributed by atoms with van der Waals surface area (Å²) >= 11 is 0. The highest BCUT2D eigenvalue weighted by molar-refractivity contribution is 5.92. The molecule has 1 N–H and O–H groups in total. The van der Waals surface area contributed by atoms with Crippen LogP contribution in [0, 0.1) is 0 Å². The van der Waals surface area contributed by atoms with Gasteiger partial charge in [-0.3, -0.25) is 14.5 Å². The third-order valence-corrected chi connectivity index (χ3v) is 6.19. The molecule has 8 heteroatoms. The zero-order chi connectivity index (χ0) is 22.9. The van der Waals surface area contributed by atoms with Crippen molar-refractivity contribution in [2.45, 2.75) is 0 Å². The van der Waals surface area contributed by atoms with Gasteiger partial charge in [0.2, 0.25) is 0 Å². The Bertz CT molecular complexity index is 1350. The SMILES string of the molecule is COC(=O)c1ccc(-n2ccc3[nH]nc(-c4ccc(N5CCN(C)CC5)cc4)c3c2=O)cc1. The Balaban J connectivity index is 1.49. The molecular formula is C25H25N5O3. The van der Waals surface area contributed by atoms with Crippen LogP contribution in [0.15, 0.2) is 65.6 Å². The van der Waals surface area contributed by atoms with E-state index in [1.165, 1.54) is 12.8 Å². The summed E-state index contributed by atoms with van der Waals surface area (Å²) < 4.78 is 6.30. The van der Waals surface area contributed by atoms with E-state index in [1.807, 2.05) is 18.2 Å². The summed E-state index contributed by atoms with van der Waals surface area (Å²) in [5.74, 6) is -0.415. The molecule has 168 valence electrons. The van der Waals surface area contributed by atoms with Crippen LogP contribution in [-0.4, -0.2) is 66.0 Å². The Morgan fingerprint density at radius 3 is 2.27 bits per heavy atom. The van der Waals surface area contributed by atoms with E-state index in [-0.39, 0.29) is 5.56 Å². The fourth-order valence-electron chi connectivity index (χ4n) is 4.21. The molecule has 3 heterocycles. The third kappa shape index (κ3) is 3.89. The highest BCUT2D eigenvalue weighted by atomic mass is 16.5. The van der Waals surface area contributed by atoms with Crippen molar-refractivity contribution in [3.05, 3.63) is 76.7 Å². The van der Waals surface area contributed by atoms with Crippen LogP contribution in [0.5, 0.6) is 0 Å². The van der Waals surface area contributed by atoms with Crippen LogP contribution >= 0.6 is 0 Å². The summed E-state index contributed by atoms with van der Waals surface area (Å²) in [6.45, 7) is 4.10. The number of hydrogen-bond acceptors (Lipinski definition) is 6. The number of carbonyl (C=O) groups is 1. The fraction of sp³-hybridized carbons (Fsp3) is 0.240. The van der Waals surface area contributed by atoms with Gasteiger partial charge >= 0.3 is 5.97 Å². The van der Waals surface area contributed by atoms with Crippen LogP contribution in [0.3, 0.4) is 0 Å². The van der Waals surface area contributed by atoms with Crippen molar-refractivity contribution in [2.24, 2.45) is 0 Å². The number of esters is 1. The van der Waals surface area contributed by atoms with Gasteiger partial charge in [-0.25, -0.2) is 4.79 Å². The summed E-state index contributed by atoms with van der Waals surface area (Å²) in [4.78, 5) is 29.8. The average molecular weight is 444 g/mol. The molecule has 4 aromatic rings. The van der Waals surface area contributed by atoms with E-state index in [4.69, 9.17) is 4.74 Å². The fourth-order valence-corrected chi connectivity index (χ4v) is 4.21. The summed E-state index contributed by atoms with van der Waals surface area (Å²) in [5.41, 5.74) is 4.28. The van der Waals surface area contributed by atoms with Gasteiger partial charge in [0, 0.05) is 49.3 Å². The second kappa shape index (κ2) is 8.55. The van der Waals surface area contributed by atoms with Crippen molar-refractivity contribution < 1.29 is 9.53 Å². The summed E-state index contributed by atoms with van der Waals surface area (Å²) in [6, 6.07) is 16.8. The molecule has 0 atom stereocenters. The van der Waals surface area contributed by atoms with Crippen LogP contribution in [0.1, 0.15) is 10.4 Å². The molecule has 0 radical (unpaired) electrons. The zero-order valence-corrected chi connectivity index (χ0v) is 18.6. The lowest BCUT2D eigenvalue weighted by Gasteiger charge is -2.34. The van der Waals surface area contributed by atoms with E-state index in [0.29, 0.717) is 27.8 Å². The topological polar surface area (TPSA) is 83.5 Å². The molecule has 33 heavy (non-hydrogen) atoms. The minimum absolute atomic E-state index is 0.176. The quantitative estimate of drug-likeness (QED) is 0.489. The number of piperazine rings is 1. The first kappa shape index (κ1) is 21.0. The second-order valence-corrected chi connectivity index (χ2v) is 8.23. The van der Waals surface area contributed by atoms with Gasteiger partial charge in [0.25, 0.3) is 5.56 Å². The number of ether oxygens (including phenoxy) is 1. The first-order valence-electron chi connectivity index (χ1n) is 10.9.